The summed E-state index contributed by atoms with van der Waals surface area (Å²) in [6.45, 7) is 3.62. The van der Waals surface area contributed by atoms with Gasteiger partial charge >= 0.3 is 0 Å². The maximum Gasteiger partial charge on any atom is 0.195 e. The minimum absolute atomic E-state index is 0.141. The van der Waals surface area contributed by atoms with Crippen molar-refractivity contribution in [2.75, 3.05) is 19.1 Å². The molecular weight excluding hydrogens is 320 g/mol. The van der Waals surface area contributed by atoms with Crippen molar-refractivity contribution in [3.05, 3.63) is 48.3 Å². The first-order valence-corrected chi connectivity index (χ1v) is 7.75. The van der Waals surface area contributed by atoms with Gasteiger partial charge in [0.15, 0.2) is 11.6 Å². The molecule has 130 valence electrons. The third-order valence-electron chi connectivity index (χ3n) is 4.22. The van der Waals surface area contributed by atoms with E-state index in [1.165, 1.54) is 0 Å². The normalized spacial score (nSPS) is 16.3. The van der Waals surface area contributed by atoms with Gasteiger partial charge in [-0.05, 0) is 19.9 Å². The van der Waals surface area contributed by atoms with Gasteiger partial charge in [0.2, 0.25) is 0 Å². The van der Waals surface area contributed by atoms with E-state index < -0.39 is 5.54 Å². The summed E-state index contributed by atoms with van der Waals surface area (Å²) in [6.07, 6.45) is 3.17. The molecule has 2 heterocycles. The molecule has 0 bridgehead atoms. The lowest BCUT2D eigenvalue weighted by Gasteiger charge is -2.33. The molecule has 0 saturated heterocycles. The number of ketones is 1. The first kappa shape index (κ1) is 16.8. The van der Waals surface area contributed by atoms with E-state index in [4.69, 9.17) is 15.2 Å². The Kier molecular flexibility index (Phi) is 4.08. The zero-order chi connectivity index (χ0) is 18.2. The van der Waals surface area contributed by atoms with Crippen LogP contribution in [0.25, 0.3) is 5.57 Å². The second kappa shape index (κ2) is 6.08. The summed E-state index contributed by atoms with van der Waals surface area (Å²) in [7, 11) is 3.14. The zero-order valence-corrected chi connectivity index (χ0v) is 14.6. The molecule has 7 heteroatoms. The second-order valence-corrected chi connectivity index (χ2v) is 6.13. The lowest BCUT2D eigenvalue weighted by molar-refractivity contribution is -0.116. The van der Waals surface area contributed by atoms with Gasteiger partial charge in [0.1, 0.15) is 28.4 Å². The molecule has 0 radical (unpaired) electrons. The van der Waals surface area contributed by atoms with E-state index in [1.807, 2.05) is 13.8 Å². The Morgan fingerprint density at radius 3 is 2.12 bits per heavy atom. The Morgan fingerprint density at radius 1 is 1.04 bits per heavy atom. The Bertz CT molecular complexity index is 824. The van der Waals surface area contributed by atoms with Crippen LogP contribution in [-0.4, -0.2) is 35.5 Å². The number of Topliss-reactive ketones (excluding diaryl/α,β-unsaturated/α-hetero) is 1. The third-order valence-corrected chi connectivity index (χ3v) is 4.22. The van der Waals surface area contributed by atoms with Crippen LogP contribution in [-0.2, 0) is 4.79 Å². The average Bonchev–Trinajstić information content (AvgIpc) is 2.79. The van der Waals surface area contributed by atoms with E-state index in [-0.39, 0.29) is 5.78 Å². The van der Waals surface area contributed by atoms with Crippen molar-refractivity contribution in [2.45, 2.75) is 19.4 Å². The molecule has 1 aliphatic rings. The fourth-order valence-electron chi connectivity index (χ4n) is 2.96. The summed E-state index contributed by atoms with van der Waals surface area (Å²) in [4.78, 5) is 23.1. The van der Waals surface area contributed by atoms with E-state index in [1.54, 1.807) is 55.8 Å². The number of benzene rings is 1. The molecule has 7 nitrogen and oxygen atoms in total. The summed E-state index contributed by atoms with van der Waals surface area (Å²) in [5, 5.41) is 0. The Morgan fingerprint density at radius 2 is 1.60 bits per heavy atom. The maximum atomic E-state index is 13.0. The molecule has 1 aromatic heterocycles. The molecule has 0 amide bonds. The average molecular weight is 340 g/mol. The fourth-order valence-corrected chi connectivity index (χ4v) is 2.96. The van der Waals surface area contributed by atoms with E-state index in [2.05, 4.69) is 9.97 Å². The topological polar surface area (TPSA) is 90.6 Å². The summed E-state index contributed by atoms with van der Waals surface area (Å²) in [6, 6.07) is 7.06. The maximum absolute atomic E-state index is 13.0. The van der Waals surface area contributed by atoms with Crippen molar-refractivity contribution in [1.82, 2.24) is 9.97 Å². The molecule has 1 aromatic carbocycles. The van der Waals surface area contributed by atoms with Gasteiger partial charge in [0.05, 0.1) is 19.9 Å². The van der Waals surface area contributed by atoms with Crippen molar-refractivity contribution in [3.8, 4) is 11.5 Å². The molecule has 0 fully saturated rings. The van der Waals surface area contributed by atoms with Crippen LogP contribution in [0.1, 0.15) is 19.7 Å². The molecule has 2 aromatic rings. The SMILES string of the molecule is COc1cc(OC)cc(N2C(N)=C(c3ncccn3)C(=O)C2(C)C)c1. The van der Waals surface area contributed by atoms with Crippen LogP contribution >= 0.6 is 0 Å². The van der Waals surface area contributed by atoms with Crippen LogP contribution in [0, 0.1) is 0 Å². The number of nitrogens with two attached hydrogens (primary N) is 1. The molecule has 0 aliphatic carbocycles. The lowest BCUT2D eigenvalue weighted by Crippen LogP contribution is -2.45. The molecule has 2 N–H and O–H groups in total. The minimum atomic E-state index is -0.893. The number of methoxy groups -OCH3 is 2. The predicted octanol–water partition coefficient (Wildman–Crippen LogP) is 1.99. The van der Waals surface area contributed by atoms with Crippen molar-refractivity contribution < 1.29 is 14.3 Å². The highest BCUT2D eigenvalue weighted by Gasteiger charge is 2.47. The van der Waals surface area contributed by atoms with Crippen LogP contribution in [0.5, 0.6) is 11.5 Å². The number of carbonyl (C=O) groups is 1. The lowest BCUT2D eigenvalue weighted by atomic mass is 9.95. The molecule has 25 heavy (non-hydrogen) atoms. The number of carbonyl (C=O) groups excluding carboxylic acids is 1. The fraction of sp³-hybridized carbons (Fsp3) is 0.278. The van der Waals surface area contributed by atoms with Gasteiger partial charge in [0.25, 0.3) is 0 Å². The quantitative estimate of drug-likeness (QED) is 0.910. The highest BCUT2D eigenvalue weighted by Crippen LogP contribution is 2.41. The van der Waals surface area contributed by atoms with E-state index >= 15 is 0 Å². The molecule has 0 saturated carbocycles. The van der Waals surface area contributed by atoms with Crippen LogP contribution in [0.2, 0.25) is 0 Å². The Labute approximate surface area is 146 Å². The number of nitrogens with zero attached hydrogens (tertiary/aromatic N) is 3. The van der Waals surface area contributed by atoms with Crippen LogP contribution < -0.4 is 20.1 Å². The number of hydrogen-bond acceptors (Lipinski definition) is 7. The Balaban J connectivity index is 2.18. The number of aromatic nitrogens is 2. The molecule has 0 spiro atoms. The number of ether oxygens (including phenoxy) is 2. The van der Waals surface area contributed by atoms with Crippen LogP contribution in [0.15, 0.2) is 42.5 Å². The molecular formula is C18H20N4O3. The van der Waals surface area contributed by atoms with Gasteiger partial charge in [-0.3, -0.25) is 4.79 Å². The van der Waals surface area contributed by atoms with E-state index in [0.717, 1.165) is 0 Å². The zero-order valence-electron chi connectivity index (χ0n) is 14.6. The van der Waals surface area contributed by atoms with Gasteiger partial charge in [-0.15, -0.1) is 0 Å². The van der Waals surface area contributed by atoms with Crippen molar-refractivity contribution >= 4 is 17.0 Å². The molecule has 1 aliphatic heterocycles. The predicted molar refractivity (Wildman–Crippen MR) is 94.3 cm³/mol. The van der Waals surface area contributed by atoms with Gasteiger partial charge < -0.3 is 20.1 Å². The van der Waals surface area contributed by atoms with E-state index in [9.17, 15) is 4.79 Å². The number of hydrogen-bond donors (Lipinski definition) is 1. The monoisotopic (exact) mass is 340 g/mol. The summed E-state index contributed by atoms with van der Waals surface area (Å²) < 4.78 is 10.7. The molecule has 3 rings (SSSR count). The standard InChI is InChI=1S/C18H20N4O3/c1-18(2)15(23)14(17-20-6-5-7-21-17)16(19)22(18)11-8-12(24-3)10-13(9-11)25-4/h5-10H,19H2,1-4H3. The van der Waals surface area contributed by atoms with Crippen molar-refractivity contribution in [2.24, 2.45) is 5.73 Å². The molecule has 0 unspecified atom stereocenters. The number of anilines is 1. The van der Waals surface area contributed by atoms with Crippen molar-refractivity contribution in [1.29, 1.82) is 0 Å². The Hall–Kier alpha value is -3.09. The summed E-state index contributed by atoms with van der Waals surface area (Å²) in [5.41, 5.74) is 6.47. The van der Waals surface area contributed by atoms with Gasteiger partial charge in [-0.1, -0.05) is 0 Å². The van der Waals surface area contributed by atoms with Gasteiger partial charge in [0, 0.05) is 30.6 Å². The van der Waals surface area contributed by atoms with Crippen LogP contribution in [0.3, 0.4) is 0 Å². The smallest absolute Gasteiger partial charge is 0.195 e. The number of rotatable bonds is 4. The van der Waals surface area contributed by atoms with Gasteiger partial charge in [-0.2, -0.15) is 0 Å². The molecule has 0 atom stereocenters. The highest BCUT2D eigenvalue weighted by molar-refractivity contribution is 6.29. The highest BCUT2D eigenvalue weighted by atomic mass is 16.5. The third kappa shape index (κ3) is 2.67. The first-order chi connectivity index (χ1) is 11.9. The van der Waals surface area contributed by atoms with Gasteiger partial charge in [-0.25, -0.2) is 9.97 Å². The summed E-state index contributed by atoms with van der Waals surface area (Å²) >= 11 is 0. The second-order valence-electron chi connectivity index (χ2n) is 6.13. The minimum Gasteiger partial charge on any atom is -0.497 e. The van der Waals surface area contributed by atoms with Crippen molar-refractivity contribution in [3.63, 3.8) is 0 Å². The first-order valence-electron chi connectivity index (χ1n) is 7.75. The van der Waals surface area contributed by atoms with E-state index in [0.29, 0.717) is 34.4 Å². The van der Waals surface area contributed by atoms with Crippen LogP contribution in [0.4, 0.5) is 5.69 Å². The summed E-state index contributed by atoms with van der Waals surface area (Å²) in [5.74, 6) is 1.69. The largest absolute Gasteiger partial charge is 0.497 e.